The van der Waals surface area contributed by atoms with E-state index < -0.39 is 11.6 Å². The Hall–Kier alpha value is -3.67. The number of rotatable bonds is 8. The van der Waals surface area contributed by atoms with Crippen molar-refractivity contribution in [2.75, 3.05) is 38.7 Å². The van der Waals surface area contributed by atoms with E-state index in [-0.39, 0.29) is 12.0 Å². The molecule has 0 spiro atoms. The summed E-state index contributed by atoms with van der Waals surface area (Å²) in [6.07, 6.45) is 3.70. The second-order valence-corrected chi connectivity index (χ2v) is 10.1. The molecule has 204 valence electrons. The molecule has 3 heterocycles. The van der Waals surface area contributed by atoms with Crippen LogP contribution in [0.1, 0.15) is 17.0 Å². The topological polar surface area (TPSA) is 72.2 Å². The van der Waals surface area contributed by atoms with Gasteiger partial charge in [-0.15, -0.1) is 0 Å². The van der Waals surface area contributed by atoms with Gasteiger partial charge in [-0.1, -0.05) is 24.3 Å². The molecule has 39 heavy (non-hydrogen) atoms. The molecule has 1 aliphatic heterocycles. The predicted molar refractivity (Wildman–Crippen MR) is 151 cm³/mol. The maximum Gasteiger partial charge on any atom is 0.172 e. The summed E-state index contributed by atoms with van der Waals surface area (Å²) >= 11 is 5.79. The van der Waals surface area contributed by atoms with Gasteiger partial charge in [0.1, 0.15) is 11.5 Å². The average molecular weight is 552 g/mol. The minimum atomic E-state index is -0.858. The fraction of sp³-hybridized carbons (Fsp3) is 0.321. The van der Waals surface area contributed by atoms with Crippen molar-refractivity contribution in [1.29, 1.82) is 0 Å². The van der Waals surface area contributed by atoms with Gasteiger partial charge in [0.05, 0.1) is 18.5 Å². The zero-order chi connectivity index (χ0) is 27.5. The van der Waals surface area contributed by atoms with Gasteiger partial charge in [-0.3, -0.25) is 9.58 Å². The molecular weight excluding hydrogens is 520 g/mol. The molecule has 0 bridgehead atoms. The molecule has 5 rings (SSSR count). The normalized spacial score (nSPS) is 17.5. The highest BCUT2D eigenvalue weighted by Crippen LogP contribution is 2.31. The molecule has 0 amide bonds. The Kier molecular flexibility index (Phi) is 8.01. The van der Waals surface area contributed by atoms with Crippen LogP contribution in [0.4, 0.5) is 14.6 Å². The summed E-state index contributed by atoms with van der Waals surface area (Å²) in [6.45, 7) is 4.63. The maximum atomic E-state index is 14.1. The average Bonchev–Trinajstić information content (AvgIpc) is 3.62. The SMILES string of the molecule is COCCN1CC(NC(=S)Nc2c(C)c(-c3cnn(C)c3)nn2-c2ccccc2)C(c2ccc(F)c(F)c2)C1. The fourth-order valence-electron chi connectivity index (χ4n) is 5.04. The fourth-order valence-corrected chi connectivity index (χ4v) is 5.29. The third kappa shape index (κ3) is 5.85. The summed E-state index contributed by atoms with van der Waals surface area (Å²) in [4.78, 5) is 2.23. The van der Waals surface area contributed by atoms with Crippen LogP contribution in [0, 0.1) is 18.6 Å². The number of methoxy groups -OCH3 is 1. The molecule has 2 atom stereocenters. The second kappa shape index (κ2) is 11.6. The van der Waals surface area contributed by atoms with Gasteiger partial charge in [-0.25, -0.2) is 13.5 Å². The third-order valence-electron chi connectivity index (χ3n) is 7.03. The summed E-state index contributed by atoms with van der Waals surface area (Å²) in [7, 11) is 3.53. The number of hydrogen-bond donors (Lipinski definition) is 2. The highest BCUT2D eigenvalue weighted by Gasteiger charge is 2.35. The Bertz CT molecular complexity index is 1460. The number of nitrogens with zero attached hydrogens (tertiary/aromatic N) is 5. The van der Waals surface area contributed by atoms with Crippen LogP contribution in [0.3, 0.4) is 0 Å². The zero-order valence-corrected chi connectivity index (χ0v) is 22.9. The van der Waals surface area contributed by atoms with Crippen LogP contribution in [0.2, 0.25) is 0 Å². The Morgan fingerprint density at radius 3 is 2.62 bits per heavy atom. The maximum absolute atomic E-state index is 14.1. The van der Waals surface area contributed by atoms with Crippen molar-refractivity contribution in [3.05, 3.63) is 83.7 Å². The summed E-state index contributed by atoms with van der Waals surface area (Å²) in [6, 6.07) is 13.8. The van der Waals surface area contributed by atoms with Crippen molar-refractivity contribution in [2.24, 2.45) is 7.05 Å². The molecule has 2 aromatic carbocycles. The molecule has 4 aromatic rings. The van der Waals surface area contributed by atoms with Gasteiger partial charge in [0.2, 0.25) is 0 Å². The Morgan fingerprint density at radius 1 is 1.13 bits per heavy atom. The summed E-state index contributed by atoms with van der Waals surface area (Å²) < 4.78 is 36.6. The molecule has 11 heteroatoms. The van der Waals surface area contributed by atoms with Crippen molar-refractivity contribution in [3.8, 4) is 16.9 Å². The smallest absolute Gasteiger partial charge is 0.172 e. The number of ether oxygens (including phenoxy) is 1. The van der Waals surface area contributed by atoms with E-state index in [1.807, 2.05) is 55.2 Å². The standard InChI is InChI=1S/C28H31F2N7OS/c1-18-26(20-14-31-35(2)15-20)34-37(21-7-5-4-6-8-21)27(18)33-28(39)32-25-17-36(11-12-38-3)16-22(25)19-9-10-23(29)24(30)13-19/h4-10,13-15,22,25H,11-12,16-17H2,1-3H3,(H2,32,33,39). The van der Waals surface area contributed by atoms with Crippen LogP contribution >= 0.6 is 12.2 Å². The summed E-state index contributed by atoms with van der Waals surface area (Å²) in [5.41, 5.74) is 4.21. The van der Waals surface area contributed by atoms with Gasteiger partial charge in [0.15, 0.2) is 16.7 Å². The lowest BCUT2D eigenvalue weighted by Crippen LogP contribution is -2.42. The predicted octanol–water partition coefficient (Wildman–Crippen LogP) is 4.26. The van der Waals surface area contributed by atoms with E-state index in [9.17, 15) is 8.78 Å². The molecule has 0 radical (unpaired) electrons. The van der Waals surface area contributed by atoms with Crippen LogP contribution in [0.5, 0.6) is 0 Å². The van der Waals surface area contributed by atoms with E-state index in [0.717, 1.165) is 40.4 Å². The molecule has 2 N–H and O–H groups in total. The van der Waals surface area contributed by atoms with Gasteiger partial charge in [0, 0.05) is 63.1 Å². The van der Waals surface area contributed by atoms with Crippen LogP contribution in [-0.4, -0.2) is 69.0 Å². The molecular formula is C28H31F2N7OS. The second-order valence-electron chi connectivity index (χ2n) is 9.71. The number of benzene rings is 2. The first-order valence-electron chi connectivity index (χ1n) is 12.7. The zero-order valence-electron chi connectivity index (χ0n) is 22.1. The molecule has 2 aromatic heterocycles. The van der Waals surface area contributed by atoms with Crippen LogP contribution in [-0.2, 0) is 11.8 Å². The number of aromatic nitrogens is 4. The van der Waals surface area contributed by atoms with Gasteiger partial charge in [-0.2, -0.15) is 10.2 Å². The largest absolute Gasteiger partial charge is 0.383 e. The first-order chi connectivity index (χ1) is 18.8. The Labute approximate surface area is 231 Å². The van der Waals surface area contributed by atoms with Crippen LogP contribution in [0.25, 0.3) is 16.9 Å². The van der Waals surface area contributed by atoms with Crippen molar-refractivity contribution in [1.82, 2.24) is 29.8 Å². The van der Waals surface area contributed by atoms with Crippen molar-refractivity contribution >= 4 is 23.1 Å². The van der Waals surface area contributed by atoms with Crippen molar-refractivity contribution in [3.63, 3.8) is 0 Å². The van der Waals surface area contributed by atoms with Crippen LogP contribution in [0.15, 0.2) is 60.9 Å². The van der Waals surface area contributed by atoms with Crippen LogP contribution < -0.4 is 10.6 Å². The quantitative estimate of drug-likeness (QED) is 0.317. The number of halogens is 2. The minimum Gasteiger partial charge on any atom is -0.383 e. The Balaban J connectivity index is 1.42. The number of nitrogens with one attached hydrogen (secondary N) is 2. The van der Waals surface area contributed by atoms with Gasteiger partial charge in [-0.05, 0) is 49.0 Å². The molecule has 1 saturated heterocycles. The number of likely N-dealkylation sites (tertiary alicyclic amines) is 1. The highest BCUT2D eigenvalue weighted by atomic mass is 32.1. The highest BCUT2D eigenvalue weighted by molar-refractivity contribution is 7.80. The monoisotopic (exact) mass is 551 g/mol. The van der Waals surface area contributed by atoms with E-state index in [1.54, 1.807) is 24.1 Å². The van der Waals surface area contributed by atoms with Gasteiger partial charge >= 0.3 is 0 Å². The lowest BCUT2D eigenvalue weighted by atomic mass is 9.94. The third-order valence-corrected chi connectivity index (χ3v) is 7.25. The van der Waals surface area contributed by atoms with E-state index in [2.05, 4.69) is 20.6 Å². The number of thiocarbonyl (C=S) groups is 1. The number of para-hydroxylation sites is 1. The van der Waals surface area contributed by atoms with Gasteiger partial charge < -0.3 is 15.4 Å². The molecule has 1 aliphatic rings. The Morgan fingerprint density at radius 2 is 1.92 bits per heavy atom. The molecule has 8 nitrogen and oxygen atoms in total. The first-order valence-corrected chi connectivity index (χ1v) is 13.1. The van der Waals surface area contributed by atoms with E-state index in [4.69, 9.17) is 22.1 Å². The number of anilines is 1. The van der Waals surface area contributed by atoms with E-state index in [1.165, 1.54) is 12.1 Å². The lowest BCUT2D eigenvalue weighted by Gasteiger charge is -2.23. The summed E-state index contributed by atoms with van der Waals surface area (Å²) in [5.74, 6) is -1.07. The number of hydrogen-bond acceptors (Lipinski definition) is 5. The molecule has 0 aliphatic carbocycles. The van der Waals surface area contributed by atoms with Crippen molar-refractivity contribution < 1.29 is 13.5 Å². The van der Waals surface area contributed by atoms with Gasteiger partial charge in [0.25, 0.3) is 0 Å². The molecule has 0 saturated carbocycles. The number of aryl methyl sites for hydroxylation is 1. The van der Waals surface area contributed by atoms with E-state index in [0.29, 0.717) is 24.8 Å². The summed E-state index contributed by atoms with van der Waals surface area (Å²) in [5, 5.41) is 16.4. The first kappa shape index (κ1) is 26.9. The molecule has 2 unspecified atom stereocenters. The molecule has 1 fully saturated rings. The lowest BCUT2D eigenvalue weighted by molar-refractivity contribution is 0.159. The minimum absolute atomic E-state index is 0.0946. The van der Waals surface area contributed by atoms with Crippen molar-refractivity contribution in [2.45, 2.75) is 18.9 Å². The van der Waals surface area contributed by atoms with E-state index >= 15 is 0 Å².